The number of hydrogen-bond donors (Lipinski definition) is 2. The Bertz CT molecular complexity index is 1600. The molecule has 1 unspecified atom stereocenters. The number of hydrazone groups is 1. The summed E-state index contributed by atoms with van der Waals surface area (Å²) in [5, 5.41) is 19.0. The van der Waals surface area contributed by atoms with E-state index in [9.17, 15) is 4.79 Å². The minimum atomic E-state index is -0.467. The summed E-state index contributed by atoms with van der Waals surface area (Å²) in [5.74, 6) is 1.17. The molecular formula is C30H28N6O2S. The topological polar surface area (TPSA) is 93.4 Å². The molecule has 0 aliphatic rings. The normalized spacial score (nSPS) is 11.9. The van der Waals surface area contributed by atoms with Crippen LogP contribution in [-0.2, 0) is 11.3 Å². The molecule has 39 heavy (non-hydrogen) atoms. The highest BCUT2D eigenvalue weighted by Crippen LogP contribution is 2.28. The SMILES string of the molecule is COc1ccccc1/C=N\NC(=O)C(C)Sc1nnc(CNc2cccc3ccccc23)n1-c1ccccc1. The Kier molecular flexibility index (Phi) is 8.18. The number of anilines is 1. The molecule has 4 aromatic carbocycles. The van der Waals surface area contributed by atoms with E-state index in [1.165, 1.54) is 11.8 Å². The molecule has 5 rings (SSSR count). The Hall–Kier alpha value is -4.63. The van der Waals surface area contributed by atoms with Gasteiger partial charge in [0.2, 0.25) is 0 Å². The molecule has 0 radical (unpaired) electrons. The third-order valence-electron chi connectivity index (χ3n) is 6.11. The summed E-state index contributed by atoms with van der Waals surface area (Å²) in [7, 11) is 1.60. The van der Waals surface area contributed by atoms with Gasteiger partial charge >= 0.3 is 0 Å². The Morgan fingerprint density at radius 1 is 0.974 bits per heavy atom. The third-order valence-corrected chi connectivity index (χ3v) is 7.15. The van der Waals surface area contributed by atoms with Gasteiger partial charge in [-0.15, -0.1) is 10.2 Å². The van der Waals surface area contributed by atoms with Crippen LogP contribution in [0.4, 0.5) is 5.69 Å². The van der Waals surface area contributed by atoms with Gasteiger partial charge in [-0.25, -0.2) is 5.43 Å². The molecule has 5 aromatic rings. The highest BCUT2D eigenvalue weighted by atomic mass is 32.2. The van der Waals surface area contributed by atoms with Crippen molar-refractivity contribution >= 4 is 40.3 Å². The van der Waals surface area contributed by atoms with Crippen molar-refractivity contribution in [3.05, 3.63) is 108 Å². The highest BCUT2D eigenvalue weighted by molar-refractivity contribution is 8.00. The fourth-order valence-electron chi connectivity index (χ4n) is 4.12. The van der Waals surface area contributed by atoms with Crippen LogP contribution in [0.1, 0.15) is 18.3 Å². The van der Waals surface area contributed by atoms with Crippen LogP contribution in [0.2, 0.25) is 0 Å². The molecule has 9 heteroatoms. The number of fused-ring (bicyclic) bond motifs is 1. The van der Waals surface area contributed by atoms with Gasteiger partial charge in [-0.3, -0.25) is 9.36 Å². The predicted molar refractivity (Wildman–Crippen MR) is 157 cm³/mol. The fraction of sp³-hybridized carbons (Fsp3) is 0.133. The number of carbonyl (C=O) groups excluding carboxylic acids is 1. The highest BCUT2D eigenvalue weighted by Gasteiger charge is 2.21. The van der Waals surface area contributed by atoms with E-state index < -0.39 is 5.25 Å². The van der Waals surface area contributed by atoms with Crippen LogP contribution in [0.15, 0.2) is 107 Å². The molecule has 0 aliphatic heterocycles. The molecule has 0 bridgehead atoms. The van der Waals surface area contributed by atoms with Gasteiger partial charge in [0.1, 0.15) is 5.75 Å². The Morgan fingerprint density at radius 2 is 1.72 bits per heavy atom. The summed E-state index contributed by atoms with van der Waals surface area (Å²) in [5.41, 5.74) is 5.32. The molecule has 8 nitrogen and oxygen atoms in total. The Morgan fingerprint density at radius 3 is 2.56 bits per heavy atom. The van der Waals surface area contributed by atoms with E-state index in [0.29, 0.717) is 17.5 Å². The van der Waals surface area contributed by atoms with Crippen LogP contribution in [0.3, 0.4) is 0 Å². The molecule has 0 saturated heterocycles. The maximum Gasteiger partial charge on any atom is 0.253 e. The van der Waals surface area contributed by atoms with Crippen molar-refractivity contribution in [2.24, 2.45) is 5.10 Å². The first-order valence-corrected chi connectivity index (χ1v) is 13.4. The lowest BCUT2D eigenvalue weighted by Gasteiger charge is -2.14. The fourth-order valence-corrected chi connectivity index (χ4v) is 5.00. The zero-order chi connectivity index (χ0) is 27.0. The average Bonchev–Trinajstić information content (AvgIpc) is 3.38. The van der Waals surface area contributed by atoms with Crippen molar-refractivity contribution in [2.75, 3.05) is 12.4 Å². The number of para-hydroxylation sites is 2. The van der Waals surface area contributed by atoms with Crippen LogP contribution >= 0.6 is 11.8 Å². The number of hydrogen-bond acceptors (Lipinski definition) is 7. The van der Waals surface area contributed by atoms with Crippen molar-refractivity contribution in [1.82, 2.24) is 20.2 Å². The van der Waals surface area contributed by atoms with E-state index in [4.69, 9.17) is 4.74 Å². The van der Waals surface area contributed by atoms with Crippen molar-refractivity contribution in [3.8, 4) is 11.4 Å². The van der Waals surface area contributed by atoms with E-state index in [2.05, 4.69) is 50.3 Å². The molecule has 0 aliphatic carbocycles. The summed E-state index contributed by atoms with van der Waals surface area (Å²) in [6.07, 6.45) is 1.57. The van der Waals surface area contributed by atoms with Crippen LogP contribution in [-0.4, -0.2) is 39.2 Å². The molecule has 0 fully saturated rings. The molecule has 1 heterocycles. The van der Waals surface area contributed by atoms with Gasteiger partial charge in [-0.05, 0) is 42.6 Å². The number of nitrogens with zero attached hydrogens (tertiary/aromatic N) is 4. The van der Waals surface area contributed by atoms with Gasteiger partial charge in [0.05, 0.1) is 25.1 Å². The van der Waals surface area contributed by atoms with Crippen LogP contribution in [0.25, 0.3) is 16.5 Å². The van der Waals surface area contributed by atoms with E-state index in [-0.39, 0.29) is 5.91 Å². The maximum absolute atomic E-state index is 12.8. The number of rotatable bonds is 10. The molecule has 0 spiro atoms. The summed E-state index contributed by atoms with van der Waals surface area (Å²) in [6.45, 7) is 2.27. The van der Waals surface area contributed by atoms with Crippen LogP contribution in [0.5, 0.6) is 5.75 Å². The molecule has 196 valence electrons. The molecule has 1 atom stereocenters. The first-order chi connectivity index (χ1) is 19.1. The van der Waals surface area contributed by atoms with Gasteiger partial charge in [-0.2, -0.15) is 5.10 Å². The van der Waals surface area contributed by atoms with Gasteiger partial charge < -0.3 is 10.1 Å². The van der Waals surface area contributed by atoms with Crippen LogP contribution in [0, 0.1) is 0 Å². The first kappa shape index (κ1) is 26.0. The number of amides is 1. The van der Waals surface area contributed by atoms with E-state index >= 15 is 0 Å². The summed E-state index contributed by atoms with van der Waals surface area (Å²) in [4.78, 5) is 12.8. The van der Waals surface area contributed by atoms with Gasteiger partial charge in [-0.1, -0.05) is 78.5 Å². The molecule has 2 N–H and O–H groups in total. The Balaban J connectivity index is 1.32. The van der Waals surface area contributed by atoms with Crippen molar-refractivity contribution < 1.29 is 9.53 Å². The second-order valence-electron chi connectivity index (χ2n) is 8.69. The lowest BCUT2D eigenvalue weighted by molar-refractivity contribution is -0.120. The van der Waals surface area contributed by atoms with Crippen molar-refractivity contribution in [1.29, 1.82) is 0 Å². The summed E-state index contributed by atoms with van der Waals surface area (Å²) in [6, 6.07) is 31.8. The summed E-state index contributed by atoms with van der Waals surface area (Å²) >= 11 is 1.32. The molecule has 0 saturated carbocycles. The monoisotopic (exact) mass is 536 g/mol. The standard InChI is InChI=1S/C30H28N6O2S/c1-21(29(37)34-32-19-23-12-7-9-18-27(23)38-2)39-30-35-33-28(36(30)24-14-4-3-5-15-24)20-31-26-17-10-13-22-11-6-8-16-25(22)26/h3-19,21,31H,20H2,1-2H3,(H,34,37)/b32-19-. The maximum atomic E-state index is 12.8. The first-order valence-electron chi connectivity index (χ1n) is 12.5. The Labute approximate surface area is 231 Å². The minimum Gasteiger partial charge on any atom is -0.496 e. The van der Waals surface area contributed by atoms with Gasteiger partial charge in [0, 0.05) is 22.3 Å². The predicted octanol–water partition coefficient (Wildman–Crippen LogP) is 5.67. The number of aromatic nitrogens is 3. The largest absolute Gasteiger partial charge is 0.496 e. The zero-order valence-electron chi connectivity index (χ0n) is 21.6. The van der Waals surface area contributed by atoms with Crippen molar-refractivity contribution in [3.63, 3.8) is 0 Å². The molecular weight excluding hydrogens is 508 g/mol. The van der Waals surface area contributed by atoms with E-state index in [1.54, 1.807) is 13.3 Å². The number of nitrogens with one attached hydrogen (secondary N) is 2. The molecule has 1 amide bonds. The summed E-state index contributed by atoms with van der Waals surface area (Å²) < 4.78 is 7.30. The number of ether oxygens (including phenoxy) is 1. The number of benzene rings is 4. The minimum absolute atomic E-state index is 0.246. The van der Waals surface area contributed by atoms with Gasteiger partial charge in [0.15, 0.2) is 11.0 Å². The quantitative estimate of drug-likeness (QED) is 0.136. The van der Waals surface area contributed by atoms with E-state index in [0.717, 1.165) is 33.5 Å². The lowest BCUT2D eigenvalue weighted by Crippen LogP contribution is -2.27. The number of thioether (sulfide) groups is 1. The molecule has 1 aromatic heterocycles. The smallest absolute Gasteiger partial charge is 0.253 e. The van der Waals surface area contributed by atoms with Gasteiger partial charge in [0.25, 0.3) is 5.91 Å². The zero-order valence-corrected chi connectivity index (χ0v) is 22.4. The van der Waals surface area contributed by atoms with Crippen LogP contribution < -0.4 is 15.5 Å². The average molecular weight is 537 g/mol. The second kappa shape index (κ2) is 12.3. The van der Waals surface area contributed by atoms with E-state index in [1.807, 2.05) is 84.3 Å². The number of carbonyl (C=O) groups is 1. The number of methoxy groups -OCH3 is 1. The van der Waals surface area contributed by atoms with Crippen molar-refractivity contribution in [2.45, 2.75) is 23.9 Å². The second-order valence-corrected chi connectivity index (χ2v) is 9.99. The lowest BCUT2D eigenvalue weighted by atomic mass is 10.1. The third kappa shape index (κ3) is 6.10.